The van der Waals surface area contributed by atoms with Crippen molar-refractivity contribution in [2.45, 2.75) is 32.2 Å². The predicted octanol–water partition coefficient (Wildman–Crippen LogP) is 3.12. The van der Waals surface area contributed by atoms with E-state index in [9.17, 15) is 19.5 Å². The van der Waals surface area contributed by atoms with Gasteiger partial charge in [-0.1, -0.05) is 49.4 Å². The minimum Gasteiger partial charge on any atom is -0.480 e. The number of carbonyl (C=O) groups is 3. The van der Waals surface area contributed by atoms with E-state index in [1.54, 1.807) is 13.0 Å². The number of Topliss-reactive ketones (excluding diaryl/α,β-unsaturated/α-hetero) is 1. The molecule has 1 saturated heterocycles. The molecule has 2 atom stereocenters. The Hall–Kier alpha value is -2.69. The van der Waals surface area contributed by atoms with Crippen LogP contribution >= 0.6 is 0 Å². The molecule has 1 aliphatic heterocycles. The Balaban J connectivity index is 1.76. The van der Waals surface area contributed by atoms with Crippen LogP contribution in [0.4, 0.5) is 0 Å². The molecule has 2 aromatic rings. The maximum absolute atomic E-state index is 12.7. The molecule has 5 nitrogen and oxygen atoms in total. The lowest BCUT2D eigenvalue weighted by Crippen LogP contribution is -2.43. The number of carboxylic acid groups (broad SMARTS) is 1. The van der Waals surface area contributed by atoms with E-state index in [1.807, 2.05) is 36.4 Å². The zero-order valence-electron chi connectivity index (χ0n) is 14.1. The Bertz CT molecular complexity index is 824. The van der Waals surface area contributed by atoms with Crippen molar-refractivity contribution in [2.24, 2.45) is 5.92 Å². The van der Waals surface area contributed by atoms with Crippen molar-refractivity contribution >= 4 is 28.4 Å². The molecule has 1 heterocycles. The second kappa shape index (κ2) is 7.05. The van der Waals surface area contributed by atoms with Crippen LogP contribution in [0.2, 0.25) is 0 Å². The van der Waals surface area contributed by atoms with Gasteiger partial charge in [0.25, 0.3) is 0 Å². The van der Waals surface area contributed by atoms with Crippen molar-refractivity contribution < 1.29 is 19.5 Å². The Morgan fingerprint density at radius 3 is 2.64 bits per heavy atom. The van der Waals surface area contributed by atoms with Gasteiger partial charge in [-0.25, -0.2) is 4.79 Å². The normalized spacial score (nSPS) is 18.3. The third kappa shape index (κ3) is 3.40. The van der Waals surface area contributed by atoms with Crippen molar-refractivity contribution in [1.29, 1.82) is 0 Å². The van der Waals surface area contributed by atoms with Gasteiger partial charge in [0.1, 0.15) is 6.04 Å². The standard InChI is InChI=1S/C20H21NO4/c1-13(19(23)21-11-5-10-17(21)20(24)25)12-18(22)16-9-4-7-14-6-2-3-8-15(14)16/h2-4,6-9,13,17H,5,10-12H2,1H3,(H,24,25)/t13-,17+/m1/s1. The van der Waals surface area contributed by atoms with Crippen LogP contribution in [0.5, 0.6) is 0 Å². The molecule has 1 aliphatic rings. The second-order valence-corrected chi connectivity index (χ2v) is 6.58. The molecule has 0 aromatic heterocycles. The first-order chi connectivity index (χ1) is 12.0. The minimum absolute atomic E-state index is 0.0790. The van der Waals surface area contributed by atoms with E-state index in [-0.39, 0.29) is 18.1 Å². The van der Waals surface area contributed by atoms with Gasteiger partial charge in [-0.05, 0) is 23.6 Å². The SMILES string of the molecule is C[C@H](CC(=O)c1cccc2ccccc12)C(=O)N1CCC[C@H]1C(=O)O. The molecule has 1 fully saturated rings. The Morgan fingerprint density at radius 2 is 1.88 bits per heavy atom. The van der Waals surface area contributed by atoms with E-state index in [0.29, 0.717) is 24.9 Å². The van der Waals surface area contributed by atoms with Gasteiger partial charge in [-0.15, -0.1) is 0 Å². The summed E-state index contributed by atoms with van der Waals surface area (Å²) in [6.45, 7) is 2.14. The van der Waals surface area contributed by atoms with E-state index < -0.39 is 17.9 Å². The highest BCUT2D eigenvalue weighted by Crippen LogP contribution is 2.24. The first kappa shape index (κ1) is 17.1. The topological polar surface area (TPSA) is 74.7 Å². The fourth-order valence-corrected chi connectivity index (χ4v) is 3.51. The van der Waals surface area contributed by atoms with Crippen LogP contribution in [0.15, 0.2) is 42.5 Å². The molecule has 0 spiro atoms. The molecule has 0 unspecified atom stereocenters. The quantitative estimate of drug-likeness (QED) is 0.849. The maximum atomic E-state index is 12.7. The summed E-state index contributed by atoms with van der Waals surface area (Å²) in [5, 5.41) is 11.1. The van der Waals surface area contributed by atoms with Gasteiger partial charge in [0, 0.05) is 24.4 Å². The fourth-order valence-electron chi connectivity index (χ4n) is 3.51. The number of rotatable bonds is 5. The average Bonchev–Trinajstić information content (AvgIpc) is 3.10. The first-order valence-corrected chi connectivity index (χ1v) is 8.53. The van der Waals surface area contributed by atoms with Crippen LogP contribution in [-0.2, 0) is 9.59 Å². The average molecular weight is 339 g/mol. The molecule has 5 heteroatoms. The molecule has 0 saturated carbocycles. The van der Waals surface area contributed by atoms with Crippen LogP contribution < -0.4 is 0 Å². The van der Waals surface area contributed by atoms with E-state index in [2.05, 4.69) is 0 Å². The van der Waals surface area contributed by atoms with Crippen molar-refractivity contribution in [1.82, 2.24) is 4.90 Å². The monoisotopic (exact) mass is 339 g/mol. The largest absolute Gasteiger partial charge is 0.480 e. The van der Waals surface area contributed by atoms with Gasteiger partial charge in [0.2, 0.25) is 5.91 Å². The summed E-state index contributed by atoms with van der Waals surface area (Å²) in [5.41, 5.74) is 0.606. The highest BCUT2D eigenvalue weighted by molar-refractivity contribution is 6.09. The highest BCUT2D eigenvalue weighted by atomic mass is 16.4. The molecule has 25 heavy (non-hydrogen) atoms. The number of carbonyl (C=O) groups excluding carboxylic acids is 2. The number of hydrogen-bond donors (Lipinski definition) is 1. The summed E-state index contributed by atoms with van der Waals surface area (Å²) in [5.74, 6) is -1.85. The van der Waals surface area contributed by atoms with Crippen LogP contribution in [0, 0.1) is 5.92 Å². The van der Waals surface area contributed by atoms with Crippen molar-refractivity contribution in [3.63, 3.8) is 0 Å². The van der Waals surface area contributed by atoms with Crippen LogP contribution in [0.1, 0.15) is 36.5 Å². The van der Waals surface area contributed by atoms with Crippen LogP contribution in [0.25, 0.3) is 10.8 Å². The zero-order chi connectivity index (χ0) is 18.0. The number of benzene rings is 2. The lowest BCUT2D eigenvalue weighted by Gasteiger charge is -2.24. The van der Waals surface area contributed by atoms with Crippen molar-refractivity contribution in [3.05, 3.63) is 48.0 Å². The number of hydrogen-bond acceptors (Lipinski definition) is 3. The summed E-state index contributed by atoms with van der Waals surface area (Å²) in [6.07, 6.45) is 1.24. The van der Waals surface area contributed by atoms with E-state index in [1.165, 1.54) is 4.90 Å². The first-order valence-electron chi connectivity index (χ1n) is 8.53. The molecule has 130 valence electrons. The smallest absolute Gasteiger partial charge is 0.326 e. The van der Waals surface area contributed by atoms with Gasteiger partial charge in [0.15, 0.2) is 5.78 Å². The van der Waals surface area contributed by atoms with E-state index in [0.717, 1.165) is 10.8 Å². The van der Waals surface area contributed by atoms with Crippen LogP contribution in [-0.4, -0.2) is 40.3 Å². The molecular weight excluding hydrogens is 318 g/mol. The number of carboxylic acids is 1. The Morgan fingerprint density at radius 1 is 1.16 bits per heavy atom. The molecule has 1 amide bonds. The van der Waals surface area contributed by atoms with E-state index >= 15 is 0 Å². The minimum atomic E-state index is -0.974. The summed E-state index contributed by atoms with van der Waals surface area (Å²) in [6, 6.07) is 12.4. The maximum Gasteiger partial charge on any atom is 0.326 e. The van der Waals surface area contributed by atoms with Gasteiger partial charge >= 0.3 is 5.97 Å². The number of fused-ring (bicyclic) bond motifs is 1. The van der Waals surface area contributed by atoms with Gasteiger partial charge in [0.05, 0.1) is 0 Å². The highest BCUT2D eigenvalue weighted by Gasteiger charge is 2.36. The molecule has 1 N–H and O–H groups in total. The summed E-state index contributed by atoms with van der Waals surface area (Å²) >= 11 is 0. The lowest BCUT2D eigenvalue weighted by atomic mass is 9.94. The van der Waals surface area contributed by atoms with E-state index in [4.69, 9.17) is 0 Å². The zero-order valence-corrected chi connectivity index (χ0v) is 14.1. The lowest BCUT2D eigenvalue weighted by molar-refractivity contribution is -0.149. The summed E-state index contributed by atoms with van der Waals surface area (Å²) in [4.78, 5) is 38.0. The molecule has 3 rings (SSSR count). The van der Waals surface area contributed by atoms with Crippen LogP contribution in [0.3, 0.4) is 0 Å². The van der Waals surface area contributed by atoms with Gasteiger partial charge in [-0.2, -0.15) is 0 Å². The summed E-state index contributed by atoms with van der Waals surface area (Å²) in [7, 11) is 0. The third-order valence-electron chi connectivity index (χ3n) is 4.82. The summed E-state index contributed by atoms with van der Waals surface area (Å²) < 4.78 is 0. The third-order valence-corrected chi connectivity index (χ3v) is 4.82. The molecular formula is C20H21NO4. The van der Waals surface area contributed by atoms with Crippen molar-refractivity contribution in [2.75, 3.05) is 6.54 Å². The molecule has 0 bridgehead atoms. The molecule has 0 aliphatic carbocycles. The van der Waals surface area contributed by atoms with Gasteiger partial charge in [-0.3, -0.25) is 9.59 Å². The number of amides is 1. The molecule has 0 radical (unpaired) electrons. The molecule has 2 aromatic carbocycles. The second-order valence-electron chi connectivity index (χ2n) is 6.58. The number of nitrogens with zero attached hydrogens (tertiary/aromatic N) is 1. The van der Waals surface area contributed by atoms with Gasteiger partial charge < -0.3 is 10.0 Å². The number of ketones is 1. The Kier molecular flexibility index (Phi) is 4.83. The fraction of sp³-hybridized carbons (Fsp3) is 0.350. The Labute approximate surface area is 146 Å². The van der Waals surface area contributed by atoms with Crippen molar-refractivity contribution in [3.8, 4) is 0 Å². The predicted molar refractivity (Wildman–Crippen MR) is 94.4 cm³/mol. The number of likely N-dealkylation sites (tertiary alicyclic amines) is 1. The number of aliphatic carboxylic acids is 1.